The normalized spacial score (nSPS) is 21.5. The minimum atomic E-state index is -4.44. The summed E-state index contributed by atoms with van der Waals surface area (Å²) in [5.74, 6) is -0.365. The monoisotopic (exact) mass is 469 g/mol. The van der Waals surface area contributed by atoms with Gasteiger partial charge in [-0.25, -0.2) is 4.79 Å². The summed E-state index contributed by atoms with van der Waals surface area (Å²) in [6.45, 7) is 2.90. The number of nitrogens with zero attached hydrogens (tertiary/aromatic N) is 4. The highest BCUT2D eigenvalue weighted by Crippen LogP contribution is 2.40. The molecule has 2 aliphatic rings. The molecule has 172 valence electrons. The molecule has 0 aliphatic carbocycles. The molecule has 1 N–H and O–H groups in total. The third-order valence-corrected chi connectivity index (χ3v) is 6.38. The van der Waals surface area contributed by atoms with Gasteiger partial charge in [-0.3, -0.25) is 9.69 Å². The molecule has 2 fully saturated rings. The number of carbonyl (C=O) groups excluding carboxylic acids is 2. The average molecular weight is 470 g/mol. The van der Waals surface area contributed by atoms with E-state index in [1.807, 2.05) is 0 Å². The molecule has 0 saturated carbocycles. The van der Waals surface area contributed by atoms with Crippen LogP contribution in [0, 0.1) is 5.41 Å². The van der Waals surface area contributed by atoms with Gasteiger partial charge in [0.05, 0.1) is 5.56 Å². The lowest BCUT2D eigenvalue weighted by Crippen LogP contribution is -2.36. The third-order valence-electron chi connectivity index (χ3n) is 6.16. The number of aromatic nitrogens is 2. The van der Waals surface area contributed by atoms with E-state index in [4.69, 9.17) is 11.6 Å². The van der Waals surface area contributed by atoms with Crippen molar-refractivity contribution in [2.24, 2.45) is 5.41 Å². The predicted molar refractivity (Wildman–Crippen MR) is 111 cm³/mol. The van der Waals surface area contributed by atoms with Crippen LogP contribution in [-0.2, 0) is 12.7 Å². The van der Waals surface area contributed by atoms with Gasteiger partial charge in [-0.2, -0.15) is 23.0 Å². The number of hydrogen-bond acceptors (Lipinski definition) is 4. The van der Waals surface area contributed by atoms with E-state index in [2.05, 4.69) is 15.3 Å². The van der Waals surface area contributed by atoms with Gasteiger partial charge in [0, 0.05) is 49.9 Å². The molecule has 2 amide bonds. The van der Waals surface area contributed by atoms with Gasteiger partial charge in [-0.1, -0.05) is 11.6 Å². The largest absolute Gasteiger partial charge is 0.416 e. The minimum absolute atomic E-state index is 0.0664. The Morgan fingerprint density at radius 1 is 1.19 bits per heavy atom. The van der Waals surface area contributed by atoms with Crippen molar-refractivity contribution in [1.82, 2.24) is 24.9 Å². The van der Waals surface area contributed by atoms with Gasteiger partial charge in [0.25, 0.3) is 5.91 Å². The van der Waals surface area contributed by atoms with Gasteiger partial charge in [0.2, 0.25) is 0 Å². The molecule has 11 heteroatoms. The molecule has 7 nitrogen and oxygen atoms in total. The van der Waals surface area contributed by atoms with Crippen LogP contribution < -0.4 is 5.32 Å². The second-order valence-electron chi connectivity index (χ2n) is 8.49. The fourth-order valence-corrected chi connectivity index (χ4v) is 4.84. The molecule has 1 atom stereocenters. The highest BCUT2D eigenvalue weighted by atomic mass is 35.5. The topological polar surface area (TPSA) is 70.5 Å². The second-order valence-corrected chi connectivity index (χ2v) is 8.92. The van der Waals surface area contributed by atoms with Crippen molar-refractivity contribution < 1.29 is 22.8 Å². The van der Waals surface area contributed by atoms with Gasteiger partial charge >= 0.3 is 12.2 Å². The molecule has 0 bridgehead atoms. The summed E-state index contributed by atoms with van der Waals surface area (Å²) in [5.41, 5.74) is -0.160. The SMILES string of the molecule is CNC(=O)c1ccn(C(=O)N2CCC3(CCN(Cc4cc(Cl)cc(C(F)(F)F)c4)C3)C2)n1. The Morgan fingerprint density at radius 3 is 2.66 bits per heavy atom. The van der Waals surface area contributed by atoms with E-state index in [9.17, 15) is 22.8 Å². The zero-order valence-electron chi connectivity index (χ0n) is 17.5. The summed E-state index contributed by atoms with van der Waals surface area (Å²) in [6, 6.07) is 4.83. The molecular weight excluding hydrogens is 447 g/mol. The molecule has 1 aromatic carbocycles. The molecule has 0 radical (unpaired) electrons. The van der Waals surface area contributed by atoms with Crippen molar-refractivity contribution >= 4 is 23.5 Å². The number of carbonyl (C=O) groups is 2. The molecule has 2 aliphatic heterocycles. The molecular formula is C21H23ClF3N5O2. The summed E-state index contributed by atoms with van der Waals surface area (Å²) in [5, 5.41) is 6.58. The molecule has 1 spiro atoms. The highest BCUT2D eigenvalue weighted by molar-refractivity contribution is 6.30. The van der Waals surface area contributed by atoms with E-state index in [1.165, 1.54) is 24.0 Å². The van der Waals surface area contributed by atoms with Crippen LogP contribution in [-0.4, -0.2) is 64.7 Å². The van der Waals surface area contributed by atoms with Gasteiger partial charge < -0.3 is 10.2 Å². The van der Waals surface area contributed by atoms with Crippen LogP contribution in [0.25, 0.3) is 0 Å². The maximum absolute atomic E-state index is 13.1. The van der Waals surface area contributed by atoms with E-state index in [1.54, 1.807) is 11.0 Å². The number of halogens is 4. The first kappa shape index (κ1) is 22.6. The van der Waals surface area contributed by atoms with Crippen molar-refractivity contribution in [3.8, 4) is 0 Å². The van der Waals surface area contributed by atoms with Crippen molar-refractivity contribution in [1.29, 1.82) is 0 Å². The number of nitrogens with one attached hydrogen (secondary N) is 1. The van der Waals surface area contributed by atoms with Crippen molar-refractivity contribution in [2.45, 2.75) is 25.6 Å². The van der Waals surface area contributed by atoms with Gasteiger partial charge in [0.1, 0.15) is 0 Å². The fourth-order valence-electron chi connectivity index (χ4n) is 4.58. The van der Waals surface area contributed by atoms with Gasteiger partial charge in [-0.05, 0) is 49.2 Å². The molecule has 2 aromatic rings. The van der Waals surface area contributed by atoms with Gasteiger partial charge in [-0.15, -0.1) is 0 Å². The number of alkyl halides is 3. The Labute approximate surface area is 188 Å². The Hall–Kier alpha value is -2.59. The van der Waals surface area contributed by atoms with Crippen molar-refractivity contribution in [3.05, 3.63) is 52.3 Å². The maximum atomic E-state index is 13.1. The van der Waals surface area contributed by atoms with E-state index < -0.39 is 11.7 Å². The van der Waals surface area contributed by atoms with Crippen molar-refractivity contribution in [3.63, 3.8) is 0 Å². The molecule has 1 aromatic heterocycles. The third kappa shape index (κ3) is 4.61. The lowest BCUT2D eigenvalue weighted by molar-refractivity contribution is -0.137. The van der Waals surface area contributed by atoms with E-state index in [0.717, 1.165) is 31.5 Å². The standard InChI is InChI=1S/C21H23ClF3N5O2/c1-26-18(31)17-2-5-30(27-17)19(32)29-7-4-20(13-29)3-6-28(12-20)11-14-8-15(21(23,24)25)10-16(22)9-14/h2,5,8-10H,3-4,6-7,11-13H2,1H3,(H,26,31). The summed E-state index contributed by atoms with van der Waals surface area (Å²) in [4.78, 5) is 28.3. The smallest absolute Gasteiger partial charge is 0.354 e. The Morgan fingerprint density at radius 2 is 1.94 bits per heavy atom. The summed E-state index contributed by atoms with van der Waals surface area (Å²) >= 11 is 5.91. The molecule has 2 saturated heterocycles. The first-order valence-electron chi connectivity index (χ1n) is 10.2. The minimum Gasteiger partial charge on any atom is -0.354 e. The quantitative estimate of drug-likeness (QED) is 0.747. The average Bonchev–Trinajstić information content (AvgIpc) is 3.47. The van der Waals surface area contributed by atoms with Crippen LogP contribution >= 0.6 is 11.6 Å². The predicted octanol–water partition coefficient (Wildman–Crippen LogP) is 3.48. The number of benzene rings is 1. The highest BCUT2D eigenvalue weighted by Gasteiger charge is 2.45. The molecule has 4 rings (SSSR count). The summed E-state index contributed by atoms with van der Waals surface area (Å²) in [6.07, 6.45) is -1.31. The second kappa shape index (κ2) is 8.40. The number of hydrogen-bond donors (Lipinski definition) is 1. The molecule has 1 unspecified atom stereocenters. The fraction of sp³-hybridized carbons (Fsp3) is 0.476. The number of likely N-dealkylation sites (tertiary alicyclic amines) is 2. The van der Waals surface area contributed by atoms with Crippen LogP contribution in [0.5, 0.6) is 0 Å². The van der Waals surface area contributed by atoms with E-state index in [-0.39, 0.29) is 28.1 Å². The van der Waals surface area contributed by atoms with E-state index in [0.29, 0.717) is 31.7 Å². The lowest BCUT2D eigenvalue weighted by Gasteiger charge is -2.25. The first-order valence-corrected chi connectivity index (χ1v) is 10.6. The maximum Gasteiger partial charge on any atom is 0.416 e. The van der Waals surface area contributed by atoms with Crippen LogP contribution in [0.1, 0.15) is 34.5 Å². The summed E-state index contributed by atoms with van der Waals surface area (Å²) in [7, 11) is 1.49. The van der Waals surface area contributed by atoms with Crippen LogP contribution in [0.15, 0.2) is 30.5 Å². The summed E-state index contributed by atoms with van der Waals surface area (Å²) < 4.78 is 40.4. The van der Waals surface area contributed by atoms with Crippen LogP contribution in [0.2, 0.25) is 5.02 Å². The zero-order chi connectivity index (χ0) is 23.1. The van der Waals surface area contributed by atoms with Crippen molar-refractivity contribution in [2.75, 3.05) is 33.2 Å². The Kier molecular flexibility index (Phi) is 5.93. The van der Waals surface area contributed by atoms with Crippen LogP contribution in [0.4, 0.5) is 18.0 Å². The number of amides is 2. The first-order chi connectivity index (χ1) is 15.1. The zero-order valence-corrected chi connectivity index (χ0v) is 18.2. The van der Waals surface area contributed by atoms with E-state index >= 15 is 0 Å². The van der Waals surface area contributed by atoms with Crippen LogP contribution in [0.3, 0.4) is 0 Å². The Bertz CT molecular complexity index is 1040. The van der Waals surface area contributed by atoms with Gasteiger partial charge in [0.15, 0.2) is 5.69 Å². The number of rotatable bonds is 3. The Balaban J connectivity index is 1.39. The lowest BCUT2D eigenvalue weighted by atomic mass is 9.86. The molecule has 32 heavy (non-hydrogen) atoms. The molecule has 3 heterocycles.